The fraction of sp³-hybridized carbons (Fsp3) is 0.143. The Morgan fingerprint density at radius 2 is 2.19 bits per heavy atom. The number of halogens is 2. The molecule has 0 fully saturated rings. The standard InChI is InChI=1S/C14H10Cl2N2O2S/c1-2-11-12(13(19)20)21-14-17-10(6-18(11)14)8-4-3-7(15)5-9(8)16/h3-6H,2H2,1H3,(H,19,20). The van der Waals surface area contributed by atoms with E-state index in [-0.39, 0.29) is 0 Å². The molecule has 1 N–H and O–H groups in total. The third-order valence-electron chi connectivity index (χ3n) is 3.16. The van der Waals surface area contributed by atoms with E-state index in [9.17, 15) is 9.90 Å². The van der Waals surface area contributed by atoms with E-state index in [4.69, 9.17) is 23.2 Å². The minimum absolute atomic E-state index is 0.328. The van der Waals surface area contributed by atoms with Crippen LogP contribution in [0.5, 0.6) is 0 Å². The van der Waals surface area contributed by atoms with Gasteiger partial charge in [-0.3, -0.25) is 4.40 Å². The Kier molecular flexibility index (Phi) is 3.65. The number of hydrogen-bond donors (Lipinski definition) is 1. The number of imidazole rings is 1. The van der Waals surface area contributed by atoms with Crippen molar-refractivity contribution >= 4 is 45.5 Å². The third kappa shape index (κ3) is 2.41. The van der Waals surface area contributed by atoms with Crippen LogP contribution < -0.4 is 0 Å². The van der Waals surface area contributed by atoms with Crippen molar-refractivity contribution in [1.29, 1.82) is 0 Å². The number of aromatic nitrogens is 2. The van der Waals surface area contributed by atoms with Crippen molar-refractivity contribution in [3.05, 3.63) is 45.0 Å². The zero-order chi connectivity index (χ0) is 15.1. The summed E-state index contributed by atoms with van der Waals surface area (Å²) in [6.07, 6.45) is 2.43. The second-order valence-electron chi connectivity index (χ2n) is 4.44. The quantitative estimate of drug-likeness (QED) is 0.756. The highest BCUT2D eigenvalue weighted by Gasteiger charge is 2.19. The van der Waals surface area contributed by atoms with Crippen molar-refractivity contribution in [1.82, 2.24) is 9.38 Å². The Bertz CT molecular complexity index is 854. The molecule has 4 nitrogen and oxygen atoms in total. The van der Waals surface area contributed by atoms with E-state index in [1.165, 1.54) is 0 Å². The summed E-state index contributed by atoms with van der Waals surface area (Å²) in [4.78, 5) is 16.7. The molecule has 0 aliphatic rings. The first-order valence-electron chi connectivity index (χ1n) is 6.20. The Labute approximate surface area is 134 Å². The van der Waals surface area contributed by atoms with Gasteiger partial charge in [-0.2, -0.15) is 0 Å². The van der Waals surface area contributed by atoms with Gasteiger partial charge in [-0.25, -0.2) is 9.78 Å². The van der Waals surface area contributed by atoms with E-state index >= 15 is 0 Å². The van der Waals surface area contributed by atoms with Gasteiger partial charge in [-0.1, -0.05) is 41.5 Å². The summed E-state index contributed by atoms with van der Waals surface area (Å²) in [5.41, 5.74) is 2.22. The molecule has 2 aromatic heterocycles. The van der Waals surface area contributed by atoms with E-state index in [0.29, 0.717) is 32.0 Å². The summed E-state index contributed by atoms with van der Waals surface area (Å²) < 4.78 is 1.81. The molecule has 0 amide bonds. The van der Waals surface area contributed by atoms with Crippen molar-refractivity contribution in [2.45, 2.75) is 13.3 Å². The number of hydrogen-bond acceptors (Lipinski definition) is 3. The molecule has 0 atom stereocenters. The summed E-state index contributed by atoms with van der Waals surface area (Å²) >= 11 is 13.2. The average molecular weight is 341 g/mol. The molecule has 0 bridgehead atoms. The Hall–Kier alpha value is -1.56. The number of rotatable bonds is 3. The van der Waals surface area contributed by atoms with Gasteiger partial charge in [0.05, 0.1) is 10.7 Å². The number of thiazole rings is 1. The highest BCUT2D eigenvalue weighted by atomic mass is 35.5. The van der Waals surface area contributed by atoms with Gasteiger partial charge in [-0.15, -0.1) is 0 Å². The van der Waals surface area contributed by atoms with Gasteiger partial charge < -0.3 is 5.11 Å². The van der Waals surface area contributed by atoms with Crippen molar-refractivity contribution < 1.29 is 9.90 Å². The molecule has 0 saturated carbocycles. The molecule has 108 valence electrons. The fourth-order valence-electron chi connectivity index (χ4n) is 2.21. The van der Waals surface area contributed by atoms with Crippen LogP contribution in [0.3, 0.4) is 0 Å². The highest BCUT2D eigenvalue weighted by molar-refractivity contribution is 7.19. The van der Waals surface area contributed by atoms with E-state index in [2.05, 4.69) is 4.98 Å². The molecule has 7 heteroatoms. The van der Waals surface area contributed by atoms with Crippen molar-refractivity contribution in [2.75, 3.05) is 0 Å². The number of carboxylic acid groups (broad SMARTS) is 1. The Balaban J connectivity index is 2.18. The van der Waals surface area contributed by atoms with Gasteiger partial charge in [-0.05, 0) is 24.6 Å². The zero-order valence-corrected chi connectivity index (χ0v) is 13.3. The van der Waals surface area contributed by atoms with Crippen molar-refractivity contribution in [3.8, 4) is 11.3 Å². The highest BCUT2D eigenvalue weighted by Crippen LogP contribution is 2.32. The minimum atomic E-state index is -0.923. The predicted molar refractivity (Wildman–Crippen MR) is 84.9 cm³/mol. The molecular formula is C14H10Cl2N2O2S. The molecule has 21 heavy (non-hydrogen) atoms. The maximum Gasteiger partial charge on any atom is 0.347 e. The number of fused-ring (bicyclic) bond motifs is 1. The average Bonchev–Trinajstić information content (AvgIpc) is 2.95. The summed E-state index contributed by atoms with van der Waals surface area (Å²) in [5.74, 6) is -0.923. The van der Waals surface area contributed by atoms with Gasteiger partial charge in [0.25, 0.3) is 0 Å². The van der Waals surface area contributed by atoms with E-state index in [0.717, 1.165) is 22.6 Å². The lowest BCUT2D eigenvalue weighted by atomic mass is 10.2. The fourth-order valence-corrected chi connectivity index (χ4v) is 3.75. The number of carbonyl (C=O) groups is 1. The summed E-state index contributed by atoms with van der Waals surface area (Å²) in [7, 11) is 0. The monoisotopic (exact) mass is 340 g/mol. The lowest BCUT2D eigenvalue weighted by molar-refractivity contribution is 0.0700. The second-order valence-corrected chi connectivity index (χ2v) is 6.26. The van der Waals surface area contributed by atoms with E-state index in [1.807, 2.05) is 17.5 Å². The van der Waals surface area contributed by atoms with Crippen LogP contribution in [0.4, 0.5) is 0 Å². The predicted octanol–water partition coefficient (Wildman–Crippen LogP) is 4.63. The van der Waals surface area contributed by atoms with Crippen LogP contribution in [0.2, 0.25) is 10.0 Å². The first-order chi connectivity index (χ1) is 10.0. The van der Waals surface area contributed by atoms with Crippen LogP contribution in [0, 0.1) is 0 Å². The van der Waals surface area contributed by atoms with E-state index in [1.54, 1.807) is 18.2 Å². The van der Waals surface area contributed by atoms with Crippen LogP contribution in [0.1, 0.15) is 22.3 Å². The molecule has 0 unspecified atom stereocenters. The van der Waals surface area contributed by atoms with E-state index < -0.39 is 5.97 Å². The Morgan fingerprint density at radius 1 is 1.43 bits per heavy atom. The van der Waals surface area contributed by atoms with Gasteiger partial charge in [0.2, 0.25) is 0 Å². The van der Waals surface area contributed by atoms with Crippen molar-refractivity contribution in [2.24, 2.45) is 0 Å². The second kappa shape index (κ2) is 5.33. The SMILES string of the molecule is CCc1c(C(=O)O)sc2nc(-c3ccc(Cl)cc3Cl)cn12. The first-order valence-corrected chi connectivity index (χ1v) is 7.78. The molecule has 2 heterocycles. The first kappa shape index (κ1) is 14.4. The lowest BCUT2D eigenvalue weighted by Gasteiger charge is -2.01. The number of aromatic carboxylic acids is 1. The Morgan fingerprint density at radius 3 is 2.81 bits per heavy atom. The maximum atomic E-state index is 11.2. The zero-order valence-electron chi connectivity index (χ0n) is 10.9. The van der Waals surface area contributed by atoms with Crippen LogP contribution in [0.15, 0.2) is 24.4 Å². The molecule has 3 rings (SSSR count). The molecule has 0 aliphatic heterocycles. The summed E-state index contributed by atoms with van der Waals surface area (Å²) in [6, 6.07) is 5.22. The molecule has 1 aromatic carbocycles. The molecule has 0 aliphatic carbocycles. The van der Waals surface area contributed by atoms with Gasteiger partial charge in [0.1, 0.15) is 4.88 Å². The summed E-state index contributed by atoms with van der Waals surface area (Å²) in [5, 5.41) is 10.3. The number of aryl methyl sites for hydroxylation is 1. The number of carboxylic acids is 1. The van der Waals surface area contributed by atoms with Crippen LogP contribution in [0.25, 0.3) is 16.2 Å². The number of benzene rings is 1. The maximum absolute atomic E-state index is 11.2. The van der Waals surface area contributed by atoms with Gasteiger partial charge in [0.15, 0.2) is 4.96 Å². The van der Waals surface area contributed by atoms with Crippen LogP contribution in [-0.2, 0) is 6.42 Å². The molecule has 0 spiro atoms. The lowest BCUT2D eigenvalue weighted by Crippen LogP contribution is -1.99. The summed E-state index contributed by atoms with van der Waals surface area (Å²) in [6.45, 7) is 1.92. The van der Waals surface area contributed by atoms with Crippen LogP contribution >= 0.6 is 34.5 Å². The van der Waals surface area contributed by atoms with Gasteiger partial charge in [0, 0.05) is 22.5 Å². The largest absolute Gasteiger partial charge is 0.477 e. The molecule has 3 aromatic rings. The molecule has 0 radical (unpaired) electrons. The smallest absolute Gasteiger partial charge is 0.347 e. The molecular weight excluding hydrogens is 331 g/mol. The number of nitrogens with zero attached hydrogens (tertiary/aromatic N) is 2. The van der Waals surface area contributed by atoms with Crippen molar-refractivity contribution in [3.63, 3.8) is 0 Å². The topological polar surface area (TPSA) is 54.6 Å². The third-order valence-corrected chi connectivity index (χ3v) is 4.79. The van der Waals surface area contributed by atoms with Crippen LogP contribution in [-0.4, -0.2) is 20.5 Å². The molecule has 0 saturated heterocycles. The normalized spacial score (nSPS) is 11.2. The minimum Gasteiger partial charge on any atom is -0.477 e. The van der Waals surface area contributed by atoms with Gasteiger partial charge >= 0.3 is 5.97 Å².